The van der Waals surface area contributed by atoms with Crippen LogP contribution >= 0.6 is 0 Å². The van der Waals surface area contributed by atoms with Gasteiger partial charge in [0.1, 0.15) is 5.82 Å². The van der Waals surface area contributed by atoms with E-state index >= 15 is 0 Å². The Bertz CT molecular complexity index is 449. The van der Waals surface area contributed by atoms with Crippen molar-refractivity contribution in [2.24, 2.45) is 0 Å². The van der Waals surface area contributed by atoms with Crippen molar-refractivity contribution < 1.29 is 22.7 Å². The maximum absolute atomic E-state index is 11.9. The Morgan fingerprint density at radius 2 is 2.21 bits per heavy atom. The minimum Gasteiger partial charge on any atom is -0.465 e. The molecule has 0 radical (unpaired) electrons. The lowest BCUT2D eigenvalue weighted by atomic mass is 10.2. The van der Waals surface area contributed by atoms with Gasteiger partial charge in [-0.25, -0.2) is 9.78 Å². The van der Waals surface area contributed by atoms with Crippen molar-refractivity contribution in [3.8, 4) is 0 Å². The standard InChI is InChI=1S/C11H14F3N3O2/c1-19-10(18)7-3-6-17-9(8(7)15)16-5-2-4-11(12,13)14/h3,6H,2,4-5,15H2,1H3,(H,16,17). The lowest BCUT2D eigenvalue weighted by Crippen LogP contribution is -2.14. The number of halogens is 3. The van der Waals surface area contributed by atoms with Gasteiger partial charge in [-0.15, -0.1) is 0 Å². The van der Waals surface area contributed by atoms with Gasteiger partial charge in [-0.2, -0.15) is 13.2 Å². The lowest BCUT2D eigenvalue weighted by Gasteiger charge is -2.11. The number of hydrogen-bond acceptors (Lipinski definition) is 5. The molecule has 8 heteroatoms. The SMILES string of the molecule is COC(=O)c1ccnc(NCCCC(F)(F)F)c1N. The highest BCUT2D eigenvalue weighted by molar-refractivity contribution is 5.97. The van der Waals surface area contributed by atoms with Gasteiger partial charge in [-0.05, 0) is 12.5 Å². The molecule has 0 aromatic carbocycles. The maximum Gasteiger partial charge on any atom is 0.389 e. The first-order chi connectivity index (χ1) is 8.85. The Hall–Kier alpha value is -1.99. The summed E-state index contributed by atoms with van der Waals surface area (Å²) in [6, 6.07) is 1.38. The fraction of sp³-hybridized carbons (Fsp3) is 0.455. The normalized spacial score (nSPS) is 11.2. The van der Waals surface area contributed by atoms with Crippen LogP contribution in [0.1, 0.15) is 23.2 Å². The number of pyridine rings is 1. The van der Waals surface area contributed by atoms with Gasteiger partial charge < -0.3 is 15.8 Å². The predicted molar refractivity (Wildman–Crippen MR) is 63.8 cm³/mol. The molecule has 0 unspecified atom stereocenters. The van der Waals surface area contributed by atoms with Crippen LogP contribution in [0.25, 0.3) is 0 Å². The molecule has 19 heavy (non-hydrogen) atoms. The molecule has 0 aliphatic rings. The molecule has 0 saturated carbocycles. The molecule has 3 N–H and O–H groups in total. The minimum atomic E-state index is -4.19. The van der Waals surface area contributed by atoms with Crippen molar-refractivity contribution in [2.45, 2.75) is 19.0 Å². The van der Waals surface area contributed by atoms with Crippen LogP contribution in [0.5, 0.6) is 0 Å². The van der Waals surface area contributed by atoms with Crippen LogP contribution in [-0.2, 0) is 4.74 Å². The van der Waals surface area contributed by atoms with E-state index in [2.05, 4.69) is 15.0 Å². The molecule has 0 amide bonds. The summed E-state index contributed by atoms with van der Waals surface area (Å²) >= 11 is 0. The number of ether oxygens (including phenoxy) is 1. The van der Waals surface area contributed by atoms with Crippen LogP contribution in [0, 0.1) is 0 Å². The molecule has 1 aromatic heterocycles. The molecule has 0 bridgehead atoms. The van der Waals surface area contributed by atoms with Crippen LogP contribution in [-0.4, -0.2) is 30.8 Å². The first-order valence-electron chi connectivity index (χ1n) is 5.48. The predicted octanol–water partition coefficient (Wildman–Crippen LogP) is 2.20. The molecular weight excluding hydrogens is 263 g/mol. The van der Waals surface area contributed by atoms with Gasteiger partial charge in [0, 0.05) is 19.2 Å². The highest BCUT2D eigenvalue weighted by Crippen LogP contribution is 2.23. The highest BCUT2D eigenvalue weighted by Gasteiger charge is 2.26. The van der Waals surface area contributed by atoms with Crippen LogP contribution in [0.4, 0.5) is 24.7 Å². The molecule has 5 nitrogen and oxygen atoms in total. The third-order valence-corrected chi connectivity index (χ3v) is 2.32. The van der Waals surface area contributed by atoms with Crippen molar-refractivity contribution in [1.29, 1.82) is 0 Å². The number of nitrogen functional groups attached to an aromatic ring is 1. The molecule has 0 fully saturated rings. The van der Waals surface area contributed by atoms with Gasteiger partial charge in [0.05, 0.1) is 18.4 Å². The second-order valence-corrected chi connectivity index (χ2v) is 3.76. The summed E-state index contributed by atoms with van der Waals surface area (Å²) in [5.41, 5.74) is 5.86. The molecule has 0 spiro atoms. The van der Waals surface area contributed by atoms with Gasteiger partial charge in [0.15, 0.2) is 0 Å². The summed E-state index contributed by atoms with van der Waals surface area (Å²) in [5, 5.41) is 2.66. The molecule has 1 rings (SSSR count). The van der Waals surface area contributed by atoms with Crippen LogP contribution < -0.4 is 11.1 Å². The average Bonchev–Trinajstić information content (AvgIpc) is 2.34. The lowest BCUT2D eigenvalue weighted by molar-refractivity contribution is -0.134. The van der Waals surface area contributed by atoms with Crippen LogP contribution in [0.15, 0.2) is 12.3 Å². The summed E-state index contributed by atoms with van der Waals surface area (Å²) in [4.78, 5) is 15.2. The fourth-order valence-electron chi connectivity index (χ4n) is 1.40. The Kier molecular flexibility index (Phi) is 4.96. The summed E-state index contributed by atoms with van der Waals surface area (Å²) in [6.07, 6.45) is -3.85. The first-order valence-corrected chi connectivity index (χ1v) is 5.48. The van der Waals surface area contributed by atoms with E-state index in [1.165, 1.54) is 19.4 Å². The van der Waals surface area contributed by atoms with Crippen molar-refractivity contribution in [3.63, 3.8) is 0 Å². The van der Waals surface area contributed by atoms with E-state index in [4.69, 9.17) is 5.73 Å². The number of aromatic nitrogens is 1. The number of hydrogen-bond donors (Lipinski definition) is 2. The summed E-state index contributed by atoms with van der Waals surface area (Å²) < 4.78 is 40.4. The smallest absolute Gasteiger partial charge is 0.389 e. The number of nitrogens with one attached hydrogen (secondary N) is 1. The Morgan fingerprint density at radius 1 is 1.53 bits per heavy atom. The number of carbonyl (C=O) groups is 1. The Balaban J connectivity index is 2.62. The van der Waals surface area contributed by atoms with Crippen LogP contribution in [0.2, 0.25) is 0 Å². The van der Waals surface area contributed by atoms with Gasteiger partial charge in [0.2, 0.25) is 0 Å². The first kappa shape index (κ1) is 15.1. The van der Waals surface area contributed by atoms with Crippen molar-refractivity contribution in [1.82, 2.24) is 4.98 Å². The number of rotatable bonds is 5. The molecule has 0 atom stereocenters. The number of nitrogens with two attached hydrogens (primary N) is 1. The molecule has 1 aromatic rings. The molecule has 0 aliphatic carbocycles. The zero-order chi connectivity index (χ0) is 14.5. The monoisotopic (exact) mass is 277 g/mol. The zero-order valence-electron chi connectivity index (χ0n) is 10.3. The second-order valence-electron chi connectivity index (χ2n) is 3.76. The number of carbonyl (C=O) groups excluding carboxylic acids is 1. The topological polar surface area (TPSA) is 77.2 Å². The van der Waals surface area contributed by atoms with E-state index in [9.17, 15) is 18.0 Å². The van der Waals surface area contributed by atoms with Crippen molar-refractivity contribution >= 4 is 17.5 Å². The number of esters is 1. The van der Waals surface area contributed by atoms with E-state index in [1.807, 2.05) is 0 Å². The Labute approximate surface area is 108 Å². The van der Waals surface area contributed by atoms with E-state index in [0.717, 1.165) is 0 Å². The summed E-state index contributed by atoms with van der Waals surface area (Å²) in [7, 11) is 1.21. The molecule has 0 saturated heterocycles. The summed E-state index contributed by atoms with van der Waals surface area (Å²) in [6.45, 7) is 0.0569. The maximum atomic E-state index is 11.9. The minimum absolute atomic E-state index is 0.0568. The van der Waals surface area contributed by atoms with Gasteiger partial charge in [-0.1, -0.05) is 0 Å². The number of alkyl halides is 3. The van der Waals surface area contributed by atoms with Crippen molar-refractivity contribution in [3.05, 3.63) is 17.8 Å². The van der Waals surface area contributed by atoms with Gasteiger partial charge in [-0.3, -0.25) is 0 Å². The highest BCUT2D eigenvalue weighted by atomic mass is 19.4. The number of anilines is 2. The van der Waals surface area contributed by atoms with Crippen LogP contribution in [0.3, 0.4) is 0 Å². The zero-order valence-corrected chi connectivity index (χ0v) is 10.3. The average molecular weight is 277 g/mol. The van der Waals surface area contributed by atoms with E-state index in [-0.39, 0.29) is 30.0 Å². The van der Waals surface area contributed by atoms with Crippen molar-refractivity contribution in [2.75, 3.05) is 24.7 Å². The van der Waals surface area contributed by atoms with E-state index in [0.29, 0.717) is 0 Å². The van der Waals surface area contributed by atoms with Gasteiger partial charge in [0.25, 0.3) is 0 Å². The van der Waals surface area contributed by atoms with E-state index in [1.54, 1.807) is 0 Å². The number of methoxy groups -OCH3 is 1. The number of nitrogens with zero attached hydrogens (tertiary/aromatic N) is 1. The largest absolute Gasteiger partial charge is 0.465 e. The Morgan fingerprint density at radius 3 is 2.79 bits per heavy atom. The fourth-order valence-corrected chi connectivity index (χ4v) is 1.40. The third-order valence-electron chi connectivity index (χ3n) is 2.32. The quantitative estimate of drug-likeness (QED) is 0.637. The molecule has 1 heterocycles. The van der Waals surface area contributed by atoms with E-state index < -0.39 is 18.6 Å². The molecular formula is C11H14F3N3O2. The second kappa shape index (κ2) is 6.26. The third kappa shape index (κ3) is 4.65. The van der Waals surface area contributed by atoms with Gasteiger partial charge >= 0.3 is 12.1 Å². The summed E-state index contributed by atoms with van der Waals surface area (Å²) in [5.74, 6) is -0.455. The molecule has 106 valence electrons. The molecule has 0 aliphatic heterocycles.